The molecule has 1 aromatic carbocycles. The minimum absolute atomic E-state index is 0.140. The van der Waals surface area contributed by atoms with E-state index < -0.39 is 5.82 Å². The van der Waals surface area contributed by atoms with E-state index in [0.717, 1.165) is 12.1 Å². The average Bonchev–Trinajstić information content (AvgIpc) is 2.23. The zero-order chi connectivity index (χ0) is 13.1. The summed E-state index contributed by atoms with van der Waals surface area (Å²) < 4.78 is 13.0. The van der Waals surface area contributed by atoms with Crippen molar-refractivity contribution in [3.63, 3.8) is 0 Å². The number of rotatable bonds is 5. The van der Waals surface area contributed by atoms with Crippen molar-refractivity contribution in [1.29, 1.82) is 0 Å². The molecule has 0 saturated carbocycles. The first-order valence-electron chi connectivity index (χ1n) is 5.57. The Morgan fingerprint density at radius 3 is 2.59 bits per heavy atom. The lowest BCUT2D eigenvalue weighted by atomic mass is 9.94. The highest BCUT2D eigenvalue weighted by atomic mass is 35.5. The van der Waals surface area contributed by atoms with Crippen LogP contribution in [-0.2, 0) is 6.54 Å². The summed E-state index contributed by atoms with van der Waals surface area (Å²) >= 11 is 5.72. The van der Waals surface area contributed by atoms with Crippen LogP contribution in [0.1, 0.15) is 19.4 Å². The van der Waals surface area contributed by atoms with Gasteiger partial charge in [-0.1, -0.05) is 31.5 Å². The fourth-order valence-corrected chi connectivity index (χ4v) is 1.99. The van der Waals surface area contributed by atoms with E-state index in [-0.39, 0.29) is 17.0 Å². The van der Waals surface area contributed by atoms with Gasteiger partial charge in [0.2, 0.25) is 0 Å². The molecule has 0 spiro atoms. The lowest BCUT2D eigenvalue weighted by Gasteiger charge is -2.28. The third-order valence-electron chi connectivity index (χ3n) is 2.56. The van der Waals surface area contributed by atoms with Gasteiger partial charge in [-0.2, -0.15) is 0 Å². The van der Waals surface area contributed by atoms with E-state index in [1.54, 1.807) is 12.1 Å². The zero-order valence-electron chi connectivity index (χ0n) is 10.5. The summed E-state index contributed by atoms with van der Waals surface area (Å²) in [4.78, 5) is 2.08. The molecule has 0 atom stereocenters. The average molecular weight is 260 g/mol. The summed E-state index contributed by atoms with van der Waals surface area (Å²) in [6, 6.07) is 4.74. The quantitative estimate of drug-likeness (QED) is 0.879. The van der Waals surface area contributed by atoms with Crippen LogP contribution in [0.5, 0.6) is 0 Å². The molecule has 0 bridgehead atoms. The molecule has 1 rings (SSSR count). The fraction of sp³-hybridized carbons (Fsp3) is 0.538. The molecule has 0 saturated heterocycles. The van der Waals surface area contributed by atoms with Crippen molar-refractivity contribution in [1.82, 2.24) is 4.90 Å². The lowest BCUT2D eigenvalue weighted by molar-refractivity contribution is 0.112. The van der Waals surface area contributed by atoms with Gasteiger partial charge in [0.25, 0.3) is 0 Å². The van der Waals surface area contributed by atoms with E-state index in [9.17, 15) is 9.50 Å². The number of benzene rings is 1. The van der Waals surface area contributed by atoms with Crippen molar-refractivity contribution in [2.75, 3.05) is 20.2 Å². The molecule has 0 amide bonds. The van der Waals surface area contributed by atoms with Gasteiger partial charge in [-0.3, -0.25) is 0 Å². The van der Waals surface area contributed by atoms with Crippen LogP contribution in [0.3, 0.4) is 0 Å². The standard InChI is InChI=1S/C13H19ClFNO/c1-13(2,9-17)8-16(3)7-10-4-5-12(15)11(14)6-10/h4-6,17H,7-9H2,1-3H3. The fourth-order valence-electron chi connectivity index (χ4n) is 1.79. The van der Waals surface area contributed by atoms with Gasteiger partial charge in [0.15, 0.2) is 0 Å². The molecule has 17 heavy (non-hydrogen) atoms. The molecule has 0 aliphatic heterocycles. The van der Waals surface area contributed by atoms with Crippen molar-refractivity contribution in [3.05, 3.63) is 34.6 Å². The van der Waals surface area contributed by atoms with Crippen molar-refractivity contribution in [2.45, 2.75) is 20.4 Å². The lowest BCUT2D eigenvalue weighted by Crippen LogP contribution is -2.33. The highest BCUT2D eigenvalue weighted by Gasteiger charge is 2.18. The number of aliphatic hydroxyl groups excluding tert-OH is 1. The summed E-state index contributed by atoms with van der Waals surface area (Å²) in [5, 5.41) is 9.34. The van der Waals surface area contributed by atoms with Gasteiger partial charge in [-0.05, 0) is 24.7 Å². The molecule has 0 aromatic heterocycles. The predicted molar refractivity (Wildman–Crippen MR) is 68.6 cm³/mol. The van der Waals surface area contributed by atoms with Crippen LogP contribution in [0.2, 0.25) is 5.02 Å². The molecule has 0 heterocycles. The molecule has 96 valence electrons. The van der Waals surface area contributed by atoms with Crippen LogP contribution in [0, 0.1) is 11.2 Å². The second-order valence-electron chi connectivity index (χ2n) is 5.24. The van der Waals surface area contributed by atoms with Crippen molar-refractivity contribution >= 4 is 11.6 Å². The molecular formula is C13H19ClFNO. The van der Waals surface area contributed by atoms with Crippen molar-refractivity contribution in [3.8, 4) is 0 Å². The first kappa shape index (κ1) is 14.4. The number of nitrogens with zero attached hydrogens (tertiary/aromatic N) is 1. The Hall–Kier alpha value is -0.640. The third-order valence-corrected chi connectivity index (χ3v) is 2.85. The zero-order valence-corrected chi connectivity index (χ0v) is 11.3. The molecule has 0 unspecified atom stereocenters. The van der Waals surface area contributed by atoms with E-state index in [4.69, 9.17) is 11.6 Å². The van der Waals surface area contributed by atoms with E-state index in [1.807, 2.05) is 20.9 Å². The molecular weight excluding hydrogens is 241 g/mol. The topological polar surface area (TPSA) is 23.5 Å². The van der Waals surface area contributed by atoms with Crippen LogP contribution < -0.4 is 0 Å². The van der Waals surface area contributed by atoms with Crippen LogP contribution in [0.25, 0.3) is 0 Å². The minimum Gasteiger partial charge on any atom is -0.396 e. The molecule has 0 radical (unpaired) electrons. The van der Waals surface area contributed by atoms with E-state index in [1.165, 1.54) is 6.07 Å². The minimum atomic E-state index is -0.395. The summed E-state index contributed by atoms with van der Waals surface area (Å²) in [5.41, 5.74) is 0.825. The largest absolute Gasteiger partial charge is 0.396 e. The van der Waals surface area contributed by atoms with Gasteiger partial charge < -0.3 is 10.0 Å². The van der Waals surface area contributed by atoms with Gasteiger partial charge in [0, 0.05) is 25.1 Å². The van der Waals surface area contributed by atoms with E-state index in [2.05, 4.69) is 4.90 Å². The molecule has 0 aliphatic carbocycles. The molecule has 2 nitrogen and oxygen atoms in total. The Bertz CT molecular complexity index is 382. The maximum absolute atomic E-state index is 13.0. The monoisotopic (exact) mass is 259 g/mol. The van der Waals surface area contributed by atoms with Crippen LogP contribution in [-0.4, -0.2) is 30.2 Å². The summed E-state index contributed by atoms with van der Waals surface area (Å²) in [7, 11) is 1.97. The summed E-state index contributed by atoms with van der Waals surface area (Å²) in [5.74, 6) is -0.395. The maximum atomic E-state index is 13.0. The normalized spacial score (nSPS) is 12.2. The maximum Gasteiger partial charge on any atom is 0.141 e. The first-order chi connectivity index (χ1) is 7.84. The van der Waals surface area contributed by atoms with Gasteiger partial charge in [0.1, 0.15) is 5.82 Å². The van der Waals surface area contributed by atoms with Gasteiger partial charge in [-0.25, -0.2) is 4.39 Å². The van der Waals surface area contributed by atoms with E-state index in [0.29, 0.717) is 6.54 Å². The number of hydrogen-bond donors (Lipinski definition) is 1. The van der Waals surface area contributed by atoms with Crippen molar-refractivity contribution < 1.29 is 9.50 Å². The number of hydrogen-bond acceptors (Lipinski definition) is 2. The molecule has 1 aromatic rings. The smallest absolute Gasteiger partial charge is 0.141 e. The van der Waals surface area contributed by atoms with Gasteiger partial charge in [-0.15, -0.1) is 0 Å². The second kappa shape index (κ2) is 5.80. The SMILES string of the molecule is CN(Cc1ccc(F)c(Cl)c1)CC(C)(C)CO. The van der Waals surface area contributed by atoms with Crippen molar-refractivity contribution in [2.24, 2.45) is 5.41 Å². The van der Waals surface area contributed by atoms with Gasteiger partial charge >= 0.3 is 0 Å². The third kappa shape index (κ3) is 4.62. The summed E-state index contributed by atoms with van der Waals surface area (Å²) in [6.07, 6.45) is 0. The van der Waals surface area contributed by atoms with Crippen LogP contribution >= 0.6 is 11.6 Å². The number of aliphatic hydroxyl groups is 1. The Labute approximate surface area is 107 Å². The second-order valence-corrected chi connectivity index (χ2v) is 5.65. The Kier molecular flexibility index (Phi) is 4.92. The molecule has 0 fully saturated rings. The molecule has 4 heteroatoms. The molecule has 1 N–H and O–H groups in total. The Balaban J connectivity index is 2.62. The Morgan fingerprint density at radius 2 is 2.06 bits per heavy atom. The van der Waals surface area contributed by atoms with Crippen LogP contribution in [0.4, 0.5) is 4.39 Å². The highest BCUT2D eigenvalue weighted by molar-refractivity contribution is 6.30. The van der Waals surface area contributed by atoms with Crippen LogP contribution in [0.15, 0.2) is 18.2 Å². The first-order valence-corrected chi connectivity index (χ1v) is 5.95. The molecule has 0 aliphatic rings. The van der Waals surface area contributed by atoms with E-state index >= 15 is 0 Å². The predicted octanol–water partition coefficient (Wildman–Crippen LogP) is 2.93. The highest BCUT2D eigenvalue weighted by Crippen LogP contribution is 2.19. The van der Waals surface area contributed by atoms with Gasteiger partial charge in [0.05, 0.1) is 5.02 Å². The Morgan fingerprint density at radius 1 is 1.41 bits per heavy atom. The summed E-state index contributed by atoms with van der Waals surface area (Å²) in [6.45, 7) is 5.59. The number of halogens is 2.